The van der Waals surface area contributed by atoms with Gasteiger partial charge < -0.3 is 9.96 Å². The van der Waals surface area contributed by atoms with E-state index in [0.717, 1.165) is 0 Å². The zero-order chi connectivity index (χ0) is 21.5. The van der Waals surface area contributed by atoms with Gasteiger partial charge in [0.15, 0.2) is 0 Å². The van der Waals surface area contributed by atoms with Crippen molar-refractivity contribution in [1.82, 2.24) is 0 Å². The highest BCUT2D eigenvalue weighted by molar-refractivity contribution is 4.51. The highest BCUT2D eigenvalue weighted by atomic mass is 16.0. The molecule has 0 unspecified atom stereocenters. The van der Waals surface area contributed by atoms with E-state index in [0.29, 0.717) is 0 Å². The van der Waals surface area contributed by atoms with E-state index in [1.165, 1.54) is 159 Å². The molecule has 0 aliphatic rings. The molecule has 0 saturated carbocycles. The van der Waals surface area contributed by atoms with E-state index in [1.54, 1.807) is 0 Å². The van der Waals surface area contributed by atoms with Gasteiger partial charge in [0.2, 0.25) is 0 Å². The van der Waals surface area contributed by atoms with Crippen LogP contribution in [0.15, 0.2) is 0 Å². The average Bonchev–Trinajstić information content (AvgIpc) is 2.72. The monoisotopic (exact) mass is 427 g/mol. The van der Waals surface area contributed by atoms with Crippen LogP contribution in [0.4, 0.5) is 0 Å². The van der Waals surface area contributed by atoms with Crippen LogP contribution >= 0.6 is 0 Å². The third-order valence-corrected chi connectivity index (χ3v) is 6.90. The topological polar surface area (TPSA) is 30.0 Å². The largest absolute Gasteiger partial charge is 0.870 e. The first kappa shape index (κ1) is 32.1. The molecule has 0 aliphatic carbocycles. The second-order valence-corrected chi connectivity index (χ2v) is 10.2. The Bertz CT molecular complexity index is 259. The first-order valence-electron chi connectivity index (χ1n) is 14.0. The molecule has 1 N–H and O–H groups in total. The van der Waals surface area contributed by atoms with Crippen molar-refractivity contribution in [2.45, 2.75) is 156 Å². The first-order chi connectivity index (χ1) is 14.2. The van der Waals surface area contributed by atoms with Crippen molar-refractivity contribution < 1.29 is 9.96 Å². The molecule has 0 aliphatic heterocycles. The number of hydrogen-bond donors (Lipinski definition) is 0. The Kier molecular flexibility index (Phi) is 26.9. The molecule has 0 fully saturated rings. The maximum Gasteiger partial charge on any atom is 0.0784 e. The predicted molar refractivity (Wildman–Crippen MR) is 137 cm³/mol. The Morgan fingerprint density at radius 2 is 0.533 bits per heavy atom. The molecule has 184 valence electrons. The Labute approximate surface area is 192 Å². The average molecular weight is 428 g/mol. The highest BCUT2D eigenvalue weighted by Gasteiger charge is 2.20. The second kappa shape index (κ2) is 25.2. The molecule has 0 amide bonds. The maximum absolute atomic E-state index is 2.57. The molecule has 0 rings (SSSR count). The quantitative estimate of drug-likeness (QED) is 0.111. The zero-order valence-electron chi connectivity index (χ0n) is 21.9. The summed E-state index contributed by atoms with van der Waals surface area (Å²) in [6, 6.07) is 0. The Balaban J connectivity index is 0. The lowest BCUT2D eigenvalue weighted by Gasteiger charge is -2.35. The maximum atomic E-state index is 2.57. The minimum Gasteiger partial charge on any atom is -0.870 e. The van der Waals surface area contributed by atoms with Crippen molar-refractivity contribution in [1.29, 1.82) is 0 Å². The van der Waals surface area contributed by atoms with Gasteiger partial charge in [0, 0.05) is 0 Å². The molecule has 0 bridgehead atoms. The Morgan fingerprint density at radius 3 is 0.767 bits per heavy atom. The Hall–Kier alpha value is -0.0800. The summed E-state index contributed by atoms with van der Waals surface area (Å²) >= 11 is 0. The van der Waals surface area contributed by atoms with Crippen molar-refractivity contribution in [2.24, 2.45) is 0 Å². The first-order valence-corrected chi connectivity index (χ1v) is 14.0. The van der Waals surface area contributed by atoms with Crippen LogP contribution in [0.5, 0.6) is 0 Å². The summed E-state index contributed by atoms with van der Waals surface area (Å²) in [7, 11) is 2.57. The zero-order valence-corrected chi connectivity index (χ0v) is 21.9. The van der Waals surface area contributed by atoms with Gasteiger partial charge in [-0.05, 0) is 38.5 Å². The summed E-state index contributed by atoms with van der Waals surface area (Å²) in [5.41, 5.74) is 0. The molecule has 0 aromatic heterocycles. The standard InChI is InChI=1S/C28H60N.H2O/c1-5-8-11-14-17-20-23-26-29(4,27-24-21-18-15-12-9-6-2)28-25-22-19-16-13-10-7-3;/h5-28H2,1-4H3;1H2/q+1;/p-1. The van der Waals surface area contributed by atoms with Gasteiger partial charge in [-0.15, -0.1) is 0 Å². The van der Waals surface area contributed by atoms with Crippen LogP contribution in [-0.4, -0.2) is 36.6 Å². The normalized spacial score (nSPS) is 11.6. The number of hydrogen-bond acceptors (Lipinski definition) is 1. The molecule has 0 heterocycles. The highest BCUT2D eigenvalue weighted by Crippen LogP contribution is 2.16. The van der Waals surface area contributed by atoms with Gasteiger partial charge in [0.25, 0.3) is 0 Å². The van der Waals surface area contributed by atoms with Crippen molar-refractivity contribution in [3.05, 3.63) is 0 Å². The predicted octanol–water partition coefficient (Wildman–Crippen LogP) is 9.51. The summed E-state index contributed by atoms with van der Waals surface area (Å²) < 4.78 is 1.36. The van der Waals surface area contributed by atoms with Crippen LogP contribution in [0, 0.1) is 0 Å². The molecule has 0 saturated heterocycles. The molecule has 0 spiro atoms. The van der Waals surface area contributed by atoms with Crippen LogP contribution in [0.2, 0.25) is 0 Å². The van der Waals surface area contributed by atoms with Gasteiger partial charge in [-0.3, -0.25) is 0 Å². The summed E-state index contributed by atoms with van der Waals surface area (Å²) in [6.45, 7) is 11.2. The number of nitrogens with zero attached hydrogens (tertiary/aromatic N) is 1. The van der Waals surface area contributed by atoms with Gasteiger partial charge in [0.1, 0.15) is 0 Å². The fourth-order valence-electron chi connectivity index (χ4n) is 4.69. The lowest BCUT2D eigenvalue weighted by Crippen LogP contribution is -2.46. The smallest absolute Gasteiger partial charge is 0.0784 e. The lowest BCUT2D eigenvalue weighted by atomic mass is 10.1. The number of unbranched alkanes of at least 4 members (excludes halogenated alkanes) is 18. The fraction of sp³-hybridized carbons (Fsp3) is 1.00. The van der Waals surface area contributed by atoms with E-state index < -0.39 is 0 Å². The van der Waals surface area contributed by atoms with Crippen LogP contribution in [0.25, 0.3) is 0 Å². The molecular formula is C28H61NO. The van der Waals surface area contributed by atoms with Gasteiger partial charge in [0.05, 0.1) is 26.7 Å². The van der Waals surface area contributed by atoms with Gasteiger partial charge >= 0.3 is 0 Å². The second-order valence-electron chi connectivity index (χ2n) is 10.2. The van der Waals surface area contributed by atoms with Gasteiger partial charge in [-0.2, -0.15) is 0 Å². The molecule has 2 heteroatoms. The Morgan fingerprint density at radius 1 is 0.333 bits per heavy atom. The minimum absolute atomic E-state index is 0. The van der Waals surface area contributed by atoms with Crippen LogP contribution in [0.1, 0.15) is 156 Å². The van der Waals surface area contributed by atoms with Crippen LogP contribution in [0.3, 0.4) is 0 Å². The fourth-order valence-corrected chi connectivity index (χ4v) is 4.69. The van der Waals surface area contributed by atoms with E-state index in [9.17, 15) is 0 Å². The van der Waals surface area contributed by atoms with Crippen LogP contribution < -0.4 is 0 Å². The number of rotatable bonds is 24. The van der Waals surface area contributed by atoms with Crippen LogP contribution in [-0.2, 0) is 0 Å². The molecule has 30 heavy (non-hydrogen) atoms. The van der Waals surface area contributed by atoms with E-state index in [4.69, 9.17) is 0 Å². The molecule has 0 radical (unpaired) electrons. The van der Waals surface area contributed by atoms with Crippen molar-refractivity contribution in [3.63, 3.8) is 0 Å². The van der Waals surface area contributed by atoms with Crippen molar-refractivity contribution in [2.75, 3.05) is 26.7 Å². The molecular weight excluding hydrogens is 366 g/mol. The van der Waals surface area contributed by atoms with Crippen molar-refractivity contribution in [3.8, 4) is 0 Å². The summed E-state index contributed by atoms with van der Waals surface area (Å²) in [6.07, 6.45) is 30.3. The van der Waals surface area contributed by atoms with E-state index in [1.807, 2.05) is 0 Å². The summed E-state index contributed by atoms with van der Waals surface area (Å²) in [4.78, 5) is 0. The number of quaternary nitrogens is 1. The van der Waals surface area contributed by atoms with E-state index in [-0.39, 0.29) is 5.48 Å². The van der Waals surface area contributed by atoms with Gasteiger partial charge in [-0.1, -0.05) is 117 Å². The third kappa shape index (κ3) is 22.6. The van der Waals surface area contributed by atoms with Gasteiger partial charge in [-0.25, -0.2) is 0 Å². The minimum atomic E-state index is 0. The molecule has 0 aromatic carbocycles. The molecule has 0 aromatic rings. The lowest BCUT2D eigenvalue weighted by molar-refractivity contribution is -0.910. The van der Waals surface area contributed by atoms with E-state index in [2.05, 4.69) is 27.8 Å². The summed E-state index contributed by atoms with van der Waals surface area (Å²) in [5, 5.41) is 0. The van der Waals surface area contributed by atoms with E-state index >= 15 is 0 Å². The van der Waals surface area contributed by atoms with Crippen molar-refractivity contribution >= 4 is 0 Å². The SMILES string of the molecule is CCCCCCCCC[N+](C)(CCCCCCCCC)CCCCCCCCC.[OH-]. The molecule has 0 atom stereocenters. The molecule has 2 nitrogen and oxygen atoms in total. The summed E-state index contributed by atoms with van der Waals surface area (Å²) in [5.74, 6) is 0. The third-order valence-electron chi connectivity index (χ3n) is 6.90.